The zero-order valence-electron chi connectivity index (χ0n) is 11.6. The van der Waals surface area contributed by atoms with Gasteiger partial charge in [0.1, 0.15) is 0 Å². The molecule has 1 aliphatic rings. The van der Waals surface area contributed by atoms with Gasteiger partial charge >= 0.3 is 5.69 Å². The first-order valence-corrected chi connectivity index (χ1v) is 7.04. The van der Waals surface area contributed by atoms with Crippen molar-refractivity contribution in [3.05, 3.63) is 34.2 Å². The van der Waals surface area contributed by atoms with Gasteiger partial charge in [-0.3, -0.25) is 9.13 Å². The van der Waals surface area contributed by atoms with E-state index in [0.717, 1.165) is 17.6 Å². The summed E-state index contributed by atoms with van der Waals surface area (Å²) in [6, 6.07) is 6.96. The number of nitrogens with zero attached hydrogens (tertiary/aromatic N) is 2. The van der Waals surface area contributed by atoms with Gasteiger partial charge in [-0.1, -0.05) is 18.9 Å². The van der Waals surface area contributed by atoms with E-state index in [-0.39, 0.29) is 5.69 Å². The zero-order chi connectivity index (χ0) is 13.4. The van der Waals surface area contributed by atoms with Gasteiger partial charge in [0.25, 0.3) is 0 Å². The van der Waals surface area contributed by atoms with Crippen molar-refractivity contribution in [3.63, 3.8) is 0 Å². The first-order chi connectivity index (χ1) is 9.16. The van der Waals surface area contributed by atoms with Gasteiger partial charge in [0.15, 0.2) is 0 Å². The Labute approximate surface area is 113 Å². The third-order valence-corrected chi connectivity index (χ3v) is 4.29. The molecule has 1 aliphatic carbocycles. The molecule has 19 heavy (non-hydrogen) atoms. The van der Waals surface area contributed by atoms with Crippen molar-refractivity contribution in [3.8, 4) is 0 Å². The number of aryl methyl sites for hydroxylation is 2. The second kappa shape index (κ2) is 4.85. The summed E-state index contributed by atoms with van der Waals surface area (Å²) < 4.78 is 3.41. The Kier molecular flexibility index (Phi) is 3.19. The lowest BCUT2D eigenvalue weighted by atomic mass is 10.1. The van der Waals surface area contributed by atoms with Gasteiger partial charge in [-0.2, -0.15) is 0 Å². The van der Waals surface area contributed by atoms with Crippen LogP contribution in [0.2, 0.25) is 0 Å². The number of aromatic nitrogens is 2. The number of imidazole rings is 1. The molecule has 0 unspecified atom stereocenters. The van der Waals surface area contributed by atoms with Crippen molar-refractivity contribution in [2.75, 3.05) is 0 Å². The molecule has 0 saturated heterocycles. The van der Waals surface area contributed by atoms with Crippen LogP contribution in [-0.2, 0) is 20.6 Å². The van der Waals surface area contributed by atoms with Crippen LogP contribution in [0, 0.1) is 0 Å². The van der Waals surface area contributed by atoms with Gasteiger partial charge in [0.05, 0.1) is 11.0 Å². The molecule has 1 saturated carbocycles. The van der Waals surface area contributed by atoms with Crippen molar-refractivity contribution >= 4 is 11.0 Å². The molecule has 0 radical (unpaired) electrons. The molecule has 4 heteroatoms. The molecule has 0 spiro atoms. The Morgan fingerprint density at radius 1 is 1.16 bits per heavy atom. The molecule has 3 rings (SSSR count). The molecule has 102 valence electrons. The van der Waals surface area contributed by atoms with Gasteiger partial charge in [-0.25, -0.2) is 4.79 Å². The van der Waals surface area contributed by atoms with E-state index in [1.807, 2.05) is 20.2 Å². The zero-order valence-corrected chi connectivity index (χ0v) is 11.6. The number of nitrogens with one attached hydrogen (secondary N) is 1. The molecular formula is C15H21N3O. The second-order valence-corrected chi connectivity index (χ2v) is 5.59. The minimum absolute atomic E-state index is 0.0379. The van der Waals surface area contributed by atoms with E-state index in [1.165, 1.54) is 31.2 Å². The topological polar surface area (TPSA) is 39.0 Å². The van der Waals surface area contributed by atoms with Gasteiger partial charge in [-0.05, 0) is 30.5 Å². The quantitative estimate of drug-likeness (QED) is 0.914. The molecular weight excluding hydrogens is 238 g/mol. The van der Waals surface area contributed by atoms with E-state index in [0.29, 0.717) is 6.04 Å². The molecule has 1 heterocycles. The summed E-state index contributed by atoms with van der Waals surface area (Å²) in [5.74, 6) is 0. The van der Waals surface area contributed by atoms with Crippen molar-refractivity contribution in [1.29, 1.82) is 0 Å². The Hall–Kier alpha value is -1.55. The minimum atomic E-state index is 0.0379. The Morgan fingerprint density at radius 2 is 1.84 bits per heavy atom. The van der Waals surface area contributed by atoms with Crippen molar-refractivity contribution in [2.45, 2.75) is 38.3 Å². The highest BCUT2D eigenvalue weighted by molar-refractivity contribution is 5.76. The fraction of sp³-hybridized carbons (Fsp3) is 0.533. The van der Waals surface area contributed by atoms with Crippen LogP contribution in [0.1, 0.15) is 31.2 Å². The average Bonchev–Trinajstić information content (AvgIpc) is 3.01. The monoisotopic (exact) mass is 259 g/mol. The molecule has 1 aromatic carbocycles. The van der Waals surface area contributed by atoms with Crippen molar-refractivity contribution < 1.29 is 0 Å². The molecule has 0 bridgehead atoms. The molecule has 1 N–H and O–H groups in total. The molecule has 2 aromatic rings. The van der Waals surface area contributed by atoms with Crippen molar-refractivity contribution in [2.24, 2.45) is 14.1 Å². The van der Waals surface area contributed by atoms with Crippen LogP contribution >= 0.6 is 0 Å². The van der Waals surface area contributed by atoms with Crippen molar-refractivity contribution in [1.82, 2.24) is 14.5 Å². The summed E-state index contributed by atoms with van der Waals surface area (Å²) in [4.78, 5) is 11.9. The van der Waals surface area contributed by atoms with Crippen LogP contribution < -0.4 is 11.0 Å². The SMILES string of the molecule is Cn1c(=O)n(C)c2cc(CNC3CCCC3)ccc21. The fourth-order valence-electron chi connectivity index (χ4n) is 3.05. The summed E-state index contributed by atoms with van der Waals surface area (Å²) in [6.45, 7) is 0.893. The van der Waals surface area contributed by atoms with E-state index in [9.17, 15) is 4.79 Å². The summed E-state index contributed by atoms with van der Waals surface area (Å²) in [7, 11) is 3.65. The average molecular weight is 259 g/mol. The Morgan fingerprint density at radius 3 is 2.58 bits per heavy atom. The first-order valence-electron chi connectivity index (χ1n) is 7.04. The molecule has 0 atom stereocenters. The van der Waals surface area contributed by atoms with Crippen LogP contribution in [0.25, 0.3) is 11.0 Å². The maximum atomic E-state index is 11.9. The lowest BCUT2D eigenvalue weighted by Gasteiger charge is -2.11. The third-order valence-electron chi connectivity index (χ3n) is 4.29. The van der Waals surface area contributed by atoms with Crippen LogP contribution in [0.5, 0.6) is 0 Å². The normalized spacial score (nSPS) is 16.5. The molecule has 0 amide bonds. The summed E-state index contributed by atoms with van der Waals surface area (Å²) in [6.07, 6.45) is 5.30. The lowest BCUT2D eigenvalue weighted by molar-refractivity contribution is 0.524. The minimum Gasteiger partial charge on any atom is -0.310 e. The van der Waals surface area contributed by atoms with Gasteiger partial charge < -0.3 is 5.32 Å². The maximum Gasteiger partial charge on any atom is 0.328 e. The van der Waals surface area contributed by atoms with E-state index < -0.39 is 0 Å². The summed E-state index contributed by atoms with van der Waals surface area (Å²) >= 11 is 0. The number of rotatable bonds is 3. The van der Waals surface area contributed by atoms with E-state index in [2.05, 4.69) is 17.4 Å². The largest absolute Gasteiger partial charge is 0.328 e. The maximum absolute atomic E-state index is 11.9. The van der Waals surface area contributed by atoms with Gasteiger partial charge in [-0.15, -0.1) is 0 Å². The smallest absolute Gasteiger partial charge is 0.310 e. The highest BCUT2D eigenvalue weighted by Crippen LogP contribution is 2.19. The summed E-state index contributed by atoms with van der Waals surface area (Å²) in [5, 5.41) is 3.61. The molecule has 1 fully saturated rings. The van der Waals surface area contributed by atoms with Crippen LogP contribution in [0.4, 0.5) is 0 Å². The predicted molar refractivity (Wildman–Crippen MR) is 77.3 cm³/mol. The molecule has 4 nitrogen and oxygen atoms in total. The summed E-state index contributed by atoms with van der Waals surface area (Å²) in [5.41, 5.74) is 3.30. The number of hydrogen-bond acceptors (Lipinski definition) is 2. The predicted octanol–water partition coefficient (Wildman–Crippen LogP) is 1.91. The van der Waals surface area contributed by atoms with Crippen LogP contribution in [0.15, 0.2) is 23.0 Å². The fourth-order valence-corrected chi connectivity index (χ4v) is 3.05. The number of benzene rings is 1. The molecule has 0 aliphatic heterocycles. The molecule has 1 aromatic heterocycles. The lowest BCUT2D eigenvalue weighted by Crippen LogP contribution is -2.25. The number of hydrogen-bond donors (Lipinski definition) is 1. The van der Waals surface area contributed by atoms with Crippen LogP contribution in [0.3, 0.4) is 0 Å². The van der Waals surface area contributed by atoms with E-state index in [4.69, 9.17) is 0 Å². The Balaban J connectivity index is 1.85. The van der Waals surface area contributed by atoms with Crippen LogP contribution in [-0.4, -0.2) is 15.2 Å². The van der Waals surface area contributed by atoms with E-state index in [1.54, 1.807) is 9.13 Å². The number of fused-ring (bicyclic) bond motifs is 1. The highest BCUT2D eigenvalue weighted by atomic mass is 16.1. The van der Waals surface area contributed by atoms with Gasteiger partial charge in [0.2, 0.25) is 0 Å². The Bertz CT molecular complexity index is 647. The first kappa shape index (κ1) is 12.5. The van der Waals surface area contributed by atoms with Gasteiger partial charge in [0, 0.05) is 26.7 Å². The third kappa shape index (κ3) is 2.21. The van der Waals surface area contributed by atoms with E-state index >= 15 is 0 Å². The highest BCUT2D eigenvalue weighted by Gasteiger charge is 2.14. The standard InChI is InChI=1S/C15H21N3O/c1-17-13-8-7-11(9-14(13)18(2)15(17)19)10-16-12-5-3-4-6-12/h7-9,12,16H,3-6,10H2,1-2H3. The second-order valence-electron chi connectivity index (χ2n) is 5.59.